The monoisotopic (exact) mass is 346 g/mol. The summed E-state index contributed by atoms with van der Waals surface area (Å²) in [5.41, 5.74) is 1.69. The van der Waals surface area contributed by atoms with Crippen molar-refractivity contribution in [1.29, 1.82) is 0 Å². The number of anilines is 1. The van der Waals surface area contributed by atoms with Gasteiger partial charge in [0.15, 0.2) is 12.4 Å². The Balaban J connectivity index is 1.44. The second-order valence-electron chi connectivity index (χ2n) is 6.73. The molecule has 134 valence electrons. The molecule has 1 aromatic carbocycles. The lowest BCUT2D eigenvalue weighted by Crippen LogP contribution is -2.51. The maximum Gasteiger partial charge on any atom is 0.265 e. The van der Waals surface area contributed by atoms with Crippen LogP contribution in [0, 0.1) is 6.92 Å². The Morgan fingerprint density at radius 3 is 2.64 bits per heavy atom. The summed E-state index contributed by atoms with van der Waals surface area (Å²) >= 11 is 0. The summed E-state index contributed by atoms with van der Waals surface area (Å²) in [4.78, 5) is 28.3. The summed E-state index contributed by atoms with van der Waals surface area (Å²) in [6, 6.07) is 5.65. The molecular weight excluding hydrogens is 324 g/mol. The van der Waals surface area contributed by atoms with Gasteiger partial charge in [0, 0.05) is 25.9 Å². The summed E-state index contributed by atoms with van der Waals surface area (Å²) < 4.78 is 16.9. The van der Waals surface area contributed by atoms with Gasteiger partial charge in [-0.05, 0) is 24.6 Å². The number of amides is 2. The molecule has 0 saturated carbocycles. The molecular formula is C18H22N2O5. The number of piperidine rings is 1. The maximum atomic E-state index is 12.7. The molecule has 3 heterocycles. The summed E-state index contributed by atoms with van der Waals surface area (Å²) in [7, 11) is 0. The molecule has 0 atom stereocenters. The van der Waals surface area contributed by atoms with E-state index in [9.17, 15) is 9.59 Å². The fourth-order valence-electron chi connectivity index (χ4n) is 3.60. The fraction of sp³-hybridized carbons (Fsp3) is 0.556. The number of fused-ring (bicyclic) bond motifs is 1. The van der Waals surface area contributed by atoms with Gasteiger partial charge in [-0.25, -0.2) is 0 Å². The minimum Gasteiger partial charge on any atom is -0.482 e. The summed E-state index contributed by atoms with van der Waals surface area (Å²) in [5.74, 6) is -0.115. The zero-order valence-corrected chi connectivity index (χ0v) is 14.3. The van der Waals surface area contributed by atoms with Crippen molar-refractivity contribution in [2.45, 2.75) is 25.6 Å². The Labute approximate surface area is 146 Å². The van der Waals surface area contributed by atoms with Crippen LogP contribution in [0.4, 0.5) is 5.69 Å². The molecule has 3 aliphatic heterocycles. The van der Waals surface area contributed by atoms with E-state index in [0.717, 1.165) is 5.56 Å². The first-order valence-corrected chi connectivity index (χ1v) is 8.66. The van der Waals surface area contributed by atoms with E-state index in [1.807, 2.05) is 25.1 Å². The highest BCUT2D eigenvalue weighted by molar-refractivity contribution is 6.02. The number of benzene rings is 1. The standard InChI is InChI=1S/C18H22N2O5/c1-13-2-3-15-14(10-13)20(17(22)12-23-15)11-16(21)19-6-4-18(5-7-19)24-8-9-25-18/h2-3,10H,4-9,11-12H2,1H3. The second-order valence-corrected chi connectivity index (χ2v) is 6.73. The van der Waals surface area contributed by atoms with Crippen LogP contribution in [0.15, 0.2) is 18.2 Å². The van der Waals surface area contributed by atoms with Crippen LogP contribution >= 0.6 is 0 Å². The molecule has 7 nitrogen and oxygen atoms in total. The van der Waals surface area contributed by atoms with Crippen molar-refractivity contribution in [3.05, 3.63) is 23.8 Å². The fourth-order valence-corrected chi connectivity index (χ4v) is 3.60. The summed E-state index contributed by atoms with van der Waals surface area (Å²) in [5, 5.41) is 0. The van der Waals surface area contributed by atoms with Crippen molar-refractivity contribution in [3.63, 3.8) is 0 Å². The molecule has 3 aliphatic rings. The molecule has 2 amide bonds. The van der Waals surface area contributed by atoms with Gasteiger partial charge in [0.25, 0.3) is 5.91 Å². The van der Waals surface area contributed by atoms with Crippen LogP contribution in [0.25, 0.3) is 0 Å². The normalized spacial score (nSPS) is 22.0. The van der Waals surface area contributed by atoms with Gasteiger partial charge in [0.1, 0.15) is 12.3 Å². The Morgan fingerprint density at radius 2 is 1.92 bits per heavy atom. The largest absolute Gasteiger partial charge is 0.482 e. The lowest BCUT2D eigenvalue weighted by atomic mass is 10.0. The van der Waals surface area contributed by atoms with Crippen molar-refractivity contribution in [2.24, 2.45) is 0 Å². The number of carbonyl (C=O) groups is 2. The van der Waals surface area contributed by atoms with Crippen LogP contribution in [0.3, 0.4) is 0 Å². The molecule has 0 bridgehead atoms. The van der Waals surface area contributed by atoms with E-state index >= 15 is 0 Å². The van der Waals surface area contributed by atoms with E-state index in [1.165, 1.54) is 4.90 Å². The molecule has 2 fully saturated rings. The molecule has 0 radical (unpaired) electrons. The van der Waals surface area contributed by atoms with Crippen molar-refractivity contribution in [1.82, 2.24) is 4.90 Å². The maximum absolute atomic E-state index is 12.7. The lowest BCUT2D eigenvalue weighted by Gasteiger charge is -2.38. The van der Waals surface area contributed by atoms with Crippen molar-refractivity contribution in [3.8, 4) is 5.75 Å². The van der Waals surface area contributed by atoms with Gasteiger partial charge in [-0.15, -0.1) is 0 Å². The molecule has 25 heavy (non-hydrogen) atoms. The highest BCUT2D eigenvalue weighted by Crippen LogP contribution is 2.34. The van der Waals surface area contributed by atoms with Crippen LogP contribution in [0.1, 0.15) is 18.4 Å². The second kappa shape index (κ2) is 6.31. The first kappa shape index (κ1) is 16.4. The van der Waals surface area contributed by atoms with Crippen LogP contribution in [-0.2, 0) is 19.1 Å². The van der Waals surface area contributed by atoms with Gasteiger partial charge in [0.2, 0.25) is 5.91 Å². The molecule has 0 unspecified atom stereocenters. The molecule has 2 saturated heterocycles. The highest BCUT2D eigenvalue weighted by Gasteiger charge is 2.41. The predicted molar refractivity (Wildman–Crippen MR) is 89.5 cm³/mol. The summed E-state index contributed by atoms with van der Waals surface area (Å²) in [6.07, 6.45) is 1.34. The van der Waals surface area contributed by atoms with E-state index in [2.05, 4.69) is 0 Å². The Hall–Kier alpha value is -2.12. The number of hydrogen-bond donors (Lipinski definition) is 0. The van der Waals surface area contributed by atoms with Crippen molar-refractivity contribution >= 4 is 17.5 Å². The van der Waals surface area contributed by atoms with E-state index < -0.39 is 5.79 Å². The number of hydrogen-bond acceptors (Lipinski definition) is 5. The zero-order chi connectivity index (χ0) is 17.4. The topological polar surface area (TPSA) is 68.3 Å². The third kappa shape index (κ3) is 3.09. The average Bonchev–Trinajstić information content (AvgIpc) is 3.06. The SMILES string of the molecule is Cc1ccc2c(c1)N(CC(=O)N1CCC3(CC1)OCCO3)C(=O)CO2. The molecule has 0 aliphatic carbocycles. The van der Waals surface area contributed by atoms with Gasteiger partial charge in [-0.3, -0.25) is 14.5 Å². The molecule has 1 aromatic rings. The Morgan fingerprint density at radius 1 is 1.20 bits per heavy atom. The molecule has 0 N–H and O–H groups in total. The van der Waals surface area contributed by atoms with Gasteiger partial charge >= 0.3 is 0 Å². The first-order valence-electron chi connectivity index (χ1n) is 8.66. The average molecular weight is 346 g/mol. The molecule has 0 aromatic heterocycles. The van der Waals surface area contributed by atoms with Crippen molar-refractivity contribution < 1.29 is 23.8 Å². The van der Waals surface area contributed by atoms with Gasteiger partial charge < -0.3 is 19.1 Å². The predicted octanol–water partition coefficient (Wildman–Crippen LogP) is 1.09. The van der Waals surface area contributed by atoms with Gasteiger partial charge in [0.05, 0.1) is 18.9 Å². The van der Waals surface area contributed by atoms with Crippen LogP contribution in [0.5, 0.6) is 5.75 Å². The van der Waals surface area contributed by atoms with E-state index in [0.29, 0.717) is 50.6 Å². The number of nitrogens with zero attached hydrogens (tertiary/aromatic N) is 2. The zero-order valence-electron chi connectivity index (χ0n) is 14.3. The van der Waals surface area contributed by atoms with E-state index in [-0.39, 0.29) is 25.0 Å². The van der Waals surface area contributed by atoms with Crippen molar-refractivity contribution in [2.75, 3.05) is 44.4 Å². The first-order chi connectivity index (χ1) is 12.1. The van der Waals surface area contributed by atoms with Crippen LogP contribution < -0.4 is 9.64 Å². The molecule has 4 rings (SSSR count). The smallest absolute Gasteiger partial charge is 0.265 e. The molecule has 7 heteroatoms. The van der Waals surface area contributed by atoms with Crippen LogP contribution in [-0.4, -0.2) is 62.0 Å². The lowest BCUT2D eigenvalue weighted by molar-refractivity contribution is -0.187. The quantitative estimate of drug-likeness (QED) is 0.802. The number of carbonyl (C=O) groups excluding carboxylic acids is 2. The summed E-state index contributed by atoms with van der Waals surface area (Å²) in [6.45, 7) is 4.35. The molecule has 1 spiro atoms. The Kier molecular flexibility index (Phi) is 4.13. The third-order valence-corrected chi connectivity index (χ3v) is 5.04. The minimum absolute atomic E-state index is 0.0336. The number of ether oxygens (including phenoxy) is 3. The van der Waals surface area contributed by atoms with Gasteiger partial charge in [-0.2, -0.15) is 0 Å². The third-order valence-electron chi connectivity index (χ3n) is 5.04. The highest BCUT2D eigenvalue weighted by atomic mass is 16.7. The number of aryl methyl sites for hydroxylation is 1. The number of rotatable bonds is 2. The van der Waals surface area contributed by atoms with Gasteiger partial charge in [-0.1, -0.05) is 6.07 Å². The van der Waals surface area contributed by atoms with E-state index in [4.69, 9.17) is 14.2 Å². The van der Waals surface area contributed by atoms with Crippen LogP contribution in [0.2, 0.25) is 0 Å². The Bertz CT molecular complexity index is 689. The number of likely N-dealkylation sites (tertiary alicyclic amines) is 1. The minimum atomic E-state index is -0.505. The van der Waals surface area contributed by atoms with E-state index in [1.54, 1.807) is 4.90 Å².